The highest BCUT2D eigenvalue weighted by Gasteiger charge is 2.34. The molecular weight excluding hydrogens is 349 g/mol. The molecule has 0 spiro atoms. The van der Waals surface area contributed by atoms with E-state index in [-0.39, 0.29) is 17.9 Å². The highest BCUT2D eigenvalue weighted by molar-refractivity contribution is 5.47. The van der Waals surface area contributed by atoms with Crippen molar-refractivity contribution in [2.45, 2.75) is 38.8 Å². The van der Waals surface area contributed by atoms with Crippen molar-refractivity contribution in [1.82, 2.24) is 25.1 Å². The van der Waals surface area contributed by atoms with Crippen LogP contribution in [0.15, 0.2) is 18.2 Å². The fourth-order valence-electron chi connectivity index (χ4n) is 3.11. The number of alkyl halides is 3. The third-order valence-electron chi connectivity index (χ3n) is 4.07. The molecule has 2 heterocycles. The first-order valence-corrected chi connectivity index (χ1v) is 8.04. The average Bonchev–Trinajstić information content (AvgIpc) is 3.00. The van der Waals surface area contributed by atoms with E-state index in [1.54, 1.807) is 6.07 Å². The molecule has 0 saturated carbocycles. The molecule has 0 radical (unpaired) electrons. The van der Waals surface area contributed by atoms with Gasteiger partial charge in [0.15, 0.2) is 5.82 Å². The smallest absolute Gasteiger partial charge is 0.373 e. The molecule has 1 aromatic heterocycles. The first kappa shape index (κ1) is 18.3. The number of tetrazole rings is 1. The molecule has 1 aliphatic rings. The minimum Gasteiger partial charge on any atom is -0.373 e. The Hall–Kier alpha value is -2.51. The largest absolute Gasteiger partial charge is 0.417 e. The van der Waals surface area contributed by atoms with E-state index in [2.05, 4.69) is 20.4 Å². The molecule has 7 nitrogen and oxygen atoms in total. The van der Waals surface area contributed by atoms with Crippen LogP contribution in [-0.4, -0.2) is 50.4 Å². The number of benzene rings is 1. The van der Waals surface area contributed by atoms with Crippen LogP contribution in [0, 0.1) is 11.3 Å². The van der Waals surface area contributed by atoms with Gasteiger partial charge in [-0.25, -0.2) is 0 Å². The zero-order chi connectivity index (χ0) is 18.9. The fourth-order valence-corrected chi connectivity index (χ4v) is 3.11. The number of nitriles is 1. The number of rotatable bonds is 3. The van der Waals surface area contributed by atoms with E-state index in [1.807, 2.05) is 13.8 Å². The van der Waals surface area contributed by atoms with Gasteiger partial charge in [0.25, 0.3) is 0 Å². The van der Waals surface area contributed by atoms with Crippen LogP contribution >= 0.6 is 0 Å². The normalized spacial score (nSPS) is 21.5. The van der Waals surface area contributed by atoms with E-state index in [0.717, 1.165) is 12.1 Å². The van der Waals surface area contributed by atoms with Crippen LogP contribution in [0.5, 0.6) is 0 Å². The third kappa shape index (κ3) is 3.84. The summed E-state index contributed by atoms with van der Waals surface area (Å²) in [7, 11) is 0. The van der Waals surface area contributed by atoms with Crippen LogP contribution in [0.4, 0.5) is 13.2 Å². The van der Waals surface area contributed by atoms with Crippen LogP contribution in [0.25, 0.3) is 5.69 Å². The molecule has 0 N–H and O–H groups in total. The molecule has 1 aromatic carbocycles. The maximum Gasteiger partial charge on any atom is 0.417 e. The van der Waals surface area contributed by atoms with Crippen LogP contribution < -0.4 is 0 Å². The van der Waals surface area contributed by atoms with Gasteiger partial charge in [-0.05, 0) is 42.5 Å². The van der Waals surface area contributed by atoms with Crippen molar-refractivity contribution in [2.24, 2.45) is 0 Å². The Kier molecular flexibility index (Phi) is 4.93. The van der Waals surface area contributed by atoms with Crippen LogP contribution in [-0.2, 0) is 17.5 Å². The monoisotopic (exact) mass is 366 g/mol. The Bertz CT molecular complexity index is 818. The lowest BCUT2D eigenvalue weighted by Gasteiger charge is -2.34. The highest BCUT2D eigenvalue weighted by atomic mass is 19.4. The Labute approximate surface area is 148 Å². The molecule has 2 atom stereocenters. The van der Waals surface area contributed by atoms with Gasteiger partial charge < -0.3 is 4.74 Å². The summed E-state index contributed by atoms with van der Waals surface area (Å²) in [4.78, 5) is 2.09. The maximum absolute atomic E-state index is 13.2. The number of hydrogen-bond acceptors (Lipinski definition) is 6. The Morgan fingerprint density at radius 3 is 2.58 bits per heavy atom. The molecule has 0 amide bonds. The van der Waals surface area contributed by atoms with E-state index in [4.69, 9.17) is 10.00 Å². The molecule has 3 rings (SSSR count). The lowest BCUT2D eigenvalue weighted by Crippen LogP contribution is -2.45. The van der Waals surface area contributed by atoms with E-state index < -0.39 is 17.3 Å². The van der Waals surface area contributed by atoms with Gasteiger partial charge in [0.1, 0.15) is 0 Å². The number of halogens is 3. The fraction of sp³-hybridized carbons (Fsp3) is 0.500. The van der Waals surface area contributed by atoms with Crippen molar-refractivity contribution in [3.05, 3.63) is 35.2 Å². The van der Waals surface area contributed by atoms with Crippen molar-refractivity contribution < 1.29 is 17.9 Å². The summed E-state index contributed by atoms with van der Waals surface area (Å²) in [6.07, 6.45) is -4.53. The van der Waals surface area contributed by atoms with Crippen molar-refractivity contribution in [3.8, 4) is 11.8 Å². The van der Waals surface area contributed by atoms with Crippen LogP contribution in [0.3, 0.4) is 0 Å². The Morgan fingerprint density at radius 2 is 1.96 bits per heavy atom. The molecule has 138 valence electrons. The van der Waals surface area contributed by atoms with Crippen molar-refractivity contribution in [3.63, 3.8) is 0 Å². The molecule has 1 fully saturated rings. The van der Waals surface area contributed by atoms with Crippen LogP contribution in [0.2, 0.25) is 0 Å². The summed E-state index contributed by atoms with van der Waals surface area (Å²) >= 11 is 0. The summed E-state index contributed by atoms with van der Waals surface area (Å²) < 4.78 is 46.5. The van der Waals surface area contributed by atoms with Gasteiger partial charge in [0.2, 0.25) is 0 Å². The quantitative estimate of drug-likeness (QED) is 0.828. The minimum atomic E-state index is -4.63. The summed E-state index contributed by atoms with van der Waals surface area (Å²) in [5.41, 5.74) is -1.29. The molecule has 1 aliphatic heterocycles. The Morgan fingerprint density at radius 1 is 1.27 bits per heavy atom. The predicted octanol–water partition coefficient (Wildman–Crippen LogP) is 2.16. The van der Waals surface area contributed by atoms with Gasteiger partial charge in [-0.2, -0.15) is 23.1 Å². The van der Waals surface area contributed by atoms with E-state index in [1.165, 1.54) is 10.7 Å². The molecule has 0 aliphatic carbocycles. The molecule has 1 saturated heterocycles. The van der Waals surface area contributed by atoms with Gasteiger partial charge in [-0.15, -0.1) is 5.10 Å². The van der Waals surface area contributed by atoms with E-state index >= 15 is 0 Å². The predicted molar refractivity (Wildman–Crippen MR) is 84.2 cm³/mol. The lowest BCUT2D eigenvalue weighted by molar-refractivity contribution is -0.137. The first-order valence-electron chi connectivity index (χ1n) is 8.04. The average molecular weight is 366 g/mol. The SMILES string of the molecule is C[C@@H]1CN(Cc2nnnn2-c2ccc(C#N)c(C(F)(F)F)c2)C[C@H](C)O1. The molecule has 0 unspecified atom stereocenters. The number of nitrogens with zero attached hydrogens (tertiary/aromatic N) is 6. The topological polar surface area (TPSA) is 79.9 Å². The number of aromatic nitrogens is 4. The summed E-state index contributed by atoms with van der Waals surface area (Å²) in [5.74, 6) is 0.420. The minimum absolute atomic E-state index is 0.0508. The molecule has 10 heteroatoms. The second kappa shape index (κ2) is 7.01. The van der Waals surface area contributed by atoms with E-state index in [0.29, 0.717) is 25.5 Å². The third-order valence-corrected chi connectivity index (χ3v) is 4.07. The summed E-state index contributed by atoms with van der Waals surface area (Å²) in [5, 5.41) is 20.3. The number of hydrogen-bond donors (Lipinski definition) is 0. The summed E-state index contributed by atoms with van der Waals surface area (Å²) in [6.45, 7) is 5.66. The first-order chi connectivity index (χ1) is 12.3. The summed E-state index contributed by atoms with van der Waals surface area (Å²) in [6, 6.07) is 4.98. The number of morpholine rings is 1. The van der Waals surface area contributed by atoms with Gasteiger partial charge in [-0.3, -0.25) is 4.90 Å². The Balaban J connectivity index is 1.90. The molecular formula is C16H17F3N6O. The van der Waals surface area contributed by atoms with Gasteiger partial charge in [-0.1, -0.05) is 0 Å². The van der Waals surface area contributed by atoms with Crippen molar-refractivity contribution in [1.29, 1.82) is 5.26 Å². The zero-order valence-corrected chi connectivity index (χ0v) is 14.2. The lowest BCUT2D eigenvalue weighted by atomic mass is 10.1. The maximum atomic E-state index is 13.2. The van der Waals surface area contributed by atoms with Crippen LogP contribution in [0.1, 0.15) is 30.8 Å². The molecule has 26 heavy (non-hydrogen) atoms. The van der Waals surface area contributed by atoms with Gasteiger partial charge in [0.05, 0.1) is 41.6 Å². The second-order valence-electron chi connectivity index (χ2n) is 6.30. The molecule has 0 bridgehead atoms. The molecule has 2 aromatic rings. The van der Waals surface area contributed by atoms with Crippen molar-refractivity contribution >= 4 is 0 Å². The van der Waals surface area contributed by atoms with E-state index in [9.17, 15) is 13.2 Å². The highest BCUT2D eigenvalue weighted by Crippen LogP contribution is 2.33. The van der Waals surface area contributed by atoms with Gasteiger partial charge >= 0.3 is 6.18 Å². The van der Waals surface area contributed by atoms with Crippen molar-refractivity contribution in [2.75, 3.05) is 13.1 Å². The second-order valence-corrected chi connectivity index (χ2v) is 6.30. The van der Waals surface area contributed by atoms with Gasteiger partial charge in [0, 0.05) is 13.1 Å². The zero-order valence-electron chi connectivity index (χ0n) is 14.2. The standard InChI is InChI=1S/C16H17F3N6O/c1-10-7-24(8-11(2)26-10)9-15-21-22-23-25(15)13-4-3-12(6-20)14(5-13)16(17,18)19/h3-5,10-11H,7-9H2,1-2H3/t10-,11+. The number of ether oxygens (including phenoxy) is 1.